The first-order valence-corrected chi connectivity index (χ1v) is 6.98. The van der Waals surface area contributed by atoms with Gasteiger partial charge in [-0.25, -0.2) is 0 Å². The van der Waals surface area contributed by atoms with Gasteiger partial charge in [0.05, 0.1) is 12.5 Å². The Balaban J connectivity index is 1.96. The van der Waals surface area contributed by atoms with Crippen LogP contribution in [0, 0.1) is 0 Å². The molecule has 0 saturated carbocycles. The molecule has 0 spiro atoms. The maximum Gasteiger partial charge on any atom is 0.118 e. The van der Waals surface area contributed by atoms with Crippen LogP contribution in [-0.2, 0) is 0 Å². The molecule has 0 radical (unpaired) electrons. The number of benzene rings is 3. The number of rotatable bonds is 3. The van der Waals surface area contributed by atoms with Crippen LogP contribution in [0.15, 0.2) is 66.7 Å². The highest BCUT2D eigenvalue weighted by atomic mass is 35.5. The highest BCUT2D eigenvalue weighted by Gasteiger charge is 2.11. The molecule has 0 fully saturated rings. The van der Waals surface area contributed by atoms with Crippen molar-refractivity contribution in [2.45, 2.75) is 5.38 Å². The molecule has 3 aromatic rings. The number of alkyl halides is 1. The van der Waals surface area contributed by atoms with E-state index < -0.39 is 0 Å². The van der Waals surface area contributed by atoms with Crippen LogP contribution in [-0.4, -0.2) is 7.11 Å². The summed E-state index contributed by atoms with van der Waals surface area (Å²) in [5.74, 6) is 0.844. The zero-order valence-corrected chi connectivity index (χ0v) is 12.0. The van der Waals surface area contributed by atoms with Crippen molar-refractivity contribution in [3.05, 3.63) is 77.9 Å². The van der Waals surface area contributed by atoms with Crippen LogP contribution in [0.25, 0.3) is 10.8 Å². The molecule has 0 aromatic heterocycles. The number of methoxy groups -OCH3 is 1. The zero-order chi connectivity index (χ0) is 13.9. The Kier molecular flexibility index (Phi) is 3.62. The van der Waals surface area contributed by atoms with E-state index in [0.29, 0.717) is 0 Å². The quantitative estimate of drug-likeness (QED) is 0.602. The SMILES string of the molecule is COc1ccc(C(Cl)c2ccc3ccccc3c2)cc1. The van der Waals surface area contributed by atoms with Crippen molar-refractivity contribution in [1.82, 2.24) is 0 Å². The van der Waals surface area contributed by atoms with Gasteiger partial charge in [-0.2, -0.15) is 0 Å². The summed E-state index contributed by atoms with van der Waals surface area (Å²) in [5, 5.41) is 2.30. The number of hydrogen-bond donors (Lipinski definition) is 0. The van der Waals surface area contributed by atoms with E-state index in [9.17, 15) is 0 Å². The third-order valence-electron chi connectivity index (χ3n) is 3.47. The summed E-state index contributed by atoms with van der Waals surface area (Å²) in [6, 6.07) is 22.5. The van der Waals surface area contributed by atoms with E-state index in [1.807, 2.05) is 36.4 Å². The molecule has 0 saturated heterocycles. The molecular formula is C18H15ClO. The fourth-order valence-electron chi connectivity index (χ4n) is 2.33. The van der Waals surface area contributed by atoms with Gasteiger partial charge in [-0.05, 0) is 40.1 Å². The Morgan fingerprint density at radius 2 is 1.45 bits per heavy atom. The summed E-state index contributed by atoms with van der Waals surface area (Å²) < 4.78 is 5.17. The smallest absolute Gasteiger partial charge is 0.118 e. The number of hydrogen-bond acceptors (Lipinski definition) is 1. The van der Waals surface area contributed by atoms with E-state index in [-0.39, 0.29) is 5.38 Å². The molecule has 0 aliphatic carbocycles. The zero-order valence-electron chi connectivity index (χ0n) is 11.2. The van der Waals surface area contributed by atoms with Gasteiger partial charge >= 0.3 is 0 Å². The Labute approximate surface area is 123 Å². The largest absolute Gasteiger partial charge is 0.497 e. The Morgan fingerprint density at radius 1 is 0.800 bits per heavy atom. The molecule has 0 heterocycles. The summed E-state index contributed by atoms with van der Waals surface area (Å²) in [5.41, 5.74) is 2.18. The lowest BCUT2D eigenvalue weighted by Gasteiger charge is -2.12. The molecule has 0 aliphatic heterocycles. The topological polar surface area (TPSA) is 9.23 Å². The maximum absolute atomic E-state index is 6.59. The summed E-state index contributed by atoms with van der Waals surface area (Å²) in [6.45, 7) is 0. The van der Waals surface area contributed by atoms with Gasteiger partial charge in [0.25, 0.3) is 0 Å². The van der Waals surface area contributed by atoms with E-state index in [0.717, 1.165) is 16.9 Å². The minimum atomic E-state index is -0.148. The van der Waals surface area contributed by atoms with Crippen molar-refractivity contribution in [3.63, 3.8) is 0 Å². The van der Waals surface area contributed by atoms with Crippen LogP contribution in [0.4, 0.5) is 0 Å². The molecule has 1 nitrogen and oxygen atoms in total. The molecule has 0 N–H and O–H groups in total. The second-order valence-electron chi connectivity index (χ2n) is 4.74. The Bertz CT molecular complexity index is 719. The fourth-order valence-corrected chi connectivity index (χ4v) is 2.61. The lowest BCUT2D eigenvalue weighted by Crippen LogP contribution is -1.93. The number of halogens is 1. The van der Waals surface area contributed by atoms with Crippen LogP contribution in [0.2, 0.25) is 0 Å². The average Bonchev–Trinajstić information content (AvgIpc) is 2.54. The van der Waals surface area contributed by atoms with Crippen molar-refractivity contribution in [2.24, 2.45) is 0 Å². The van der Waals surface area contributed by atoms with Crippen LogP contribution in [0.3, 0.4) is 0 Å². The molecule has 0 bridgehead atoms. The molecule has 100 valence electrons. The molecule has 20 heavy (non-hydrogen) atoms. The molecule has 3 rings (SSSR count). The van der Waals surface area contributed by atoms with Crippen molar-refractivity contribution >= 4 is 22.4 Å². The van der Waals surface area contributed by atoms with Crippen molar-refractivity contribution < 1.29 is 4.74 Å². The van der Waals surface area contributed by atoms with E-state index >= 15 is 0 Å². The van der Waals surface area contributed by atoms with Crippen LogP contribution in [0.5, 0.6) is 5.75 Å². The Hall–Kier alpha value is -1.99. The third kappa shape index (κ3) is 2.50. The van der Waals surface area contributed by atoms with Crippen molar-refractivity contribution in [2.75, 3.05) is 7.11 Å². The van der Waals surface area contributed by atoms with E-state index in [1.165, 1.54) is 10.8 Å². The normalized spacial score (nSPS) is 12.3. The van der Waals surface area contributed by atoms with E-state index in [4.69, 9.17) is 16.3 Å². The van der Waals surface area contributed by atoms with Crippen molar-refractivity contribution in [1.29, 1.82) is 0 Å². The van der Waals surface area contributed by atoms with Gasteiger partial charge in [-0.1, -0.05) is 48.5 Å². The summed E-state index contributed by atoms with van der Waals surface area (Å²) in [7, 11) is 1.66. The second-order valence-corrected chi connectivity index (χ2v) is 5.18. The standard InChI is InChI=1S/C18H15ClO/c1-20-17-10-8-14(9-11-17)18(19)16-7-6-13-4-2-3-5-15(13)12-16/h2-12,18H,1H3. The molecule has 2 heteroatoms. The first-order chi connectivity index (χ1) is 9.78. The first-order valence-electron chi connectivity index (χ1n) is 6.54. The van der Waals surface area contributed by atoms with E-state index in [2.05, 4.69) is 30.3 Å². The van der Waals surface area contributed by atoms with Gasteiger partial charge < -0.3 is 4.74 Å². The van der Waals surface area contributed by atoms with Gasteiger partial charge in [-0.3, -0.25) is 0 Å². The maximum atomic E-state index is 6.59. The Morgan fingerprint density at radius 3 is 2.15 bits per heavy atom. The lowest BCUT2D eigenvalue weighted by molar-refractivity contribution is 0.414. The highest BCUT2D eigenvalue weighted by molar-refractivity contribution is 6.22. The highest BCUT2D eigenvalue weighted by Crippen LogP contribution is 2.31. The molecule has 1 atom stereocenters. The lowest BCUT2D eigenvalue weighted by atomic mass is 10.0. The predicted molar refractivity (Wildman–Crippen MR) is 84.6 cm³/mol. The number of ether oxygens (including phenoxy) is 1. The molecule has 0 amide bonds. The molecule has 1 unspecified atom stereocenters. The molecular weight excluding hydrogens is 268 g/mol. The summed E-state index contributed by atoms with van der Waals surface area (Å²) in [4.78, 5) is 0. The summed E-state index contributed by atoms with van der Waals surface area (Å²) >= 11 is 6.59. The predicted octanol–water partition coefficient (Wildman–Crippen LogP) is 5.18. The van der Waals surface area contributed by atoms with E-state index in [1.54, 1.807) is 7.11 Å². The van der Waals surface area contributed by atoms with Crippen molar-refractivity contribution in [3.8, 4) is 5.75 Å². The average molecular weight is 283 g/mol. The van der Waals surface area contributed by atoms with Crippen LogP contribution < -0.4 is 4.74 Å². The minimum absolute atomic E-state index is 0.148. The van der Waals surface area contributed by atoms with Gasteiger partial charge in [0.15, 0.2) is 0 Å². The minimum Gasteiger partial charge on any atom is -0.497 e. The monoisotopic (exact) mass is 282 g/mol. The van der Waals surface area contributed by atoms with Gasteiger partial charge in [-0.15, -0.1) is 11.6 Å². The second kappa shape index (κ2) is 5.56. The fraction of sp³-hybridized carbons (Fsp3) is 0.111. The first kappa shape index (κ1) is 13.0. The third-order valence-corrected chi connectivity index (χ3v) is 3.98. The molecule has 3 aromatic carbocycles. The summed E-state index contributed by atoms with van der Waals surface area (Å²) in [6.07, 6.45) is 0. The van der Waals surface area contributed by atoms with Crippen LogP contribution >= 0.6 is 11.6 Å². The van der Waals surface area contributed by atoms with Crippen LogP contribution in [0.1, 0.15) is 16.5 Å². The molecule has 0 aliphatic rings. The van der Waals surface area contributed by atoms with Gasteiger partial charge in [0, 0.05) is 0 Å². The number of fused-ring (bicyclic) bond motifs is 1. The van der Waals surface area contributed by atoms with Gasteiger partial charge in [0.1, 0.15) is 5.75 Å². The van der Waals surface area contributed by atoms with Gasteiger partial charge in [0.2, 0.25) is 0 Å².